The molecular weight excluding hydrogens is 398 g/mol. The van der Waals surface area contributed by atoms with E-state index in [0.29, 0.717) is 24.0 Å². The van der Waals surface area contributed by atoms with Gasteiger partial charge in [-0.25, -0.2) is 9.78 Å². The lowest BCUT2D eigenvalue weighted by molar-refractivity contribution is 0.0526. The molecule has 1 saturated carbocycles. The van der Waals surface area contributed by atoms with Crippen LogP contribution in [-0.4, -0.2) is 53.9 Å². The largest absolute Gasteiger partial charge is 0.462 e. The predicted molar refractivity (Wildman–Crippen MR) is 105 cm³/mol. The quantitative estimate of drug-likeness (QED) is 0.706. The summed E-state index contributed by atoms with van der Waals surface area (Å²) in [5.41, 5.74) is 0.510. The van der Waals surface area contributed by atoms with Gasteiger partial charge in [-0.15, -0.1) is 0 Å². The molecule has 7 heteroatoms. The molecule has 0 spiro atoms. The molecule has 6 nitrogen and oxygen atoms in total. The maximum Gasteiger partial charge on any atom is 0.341 e. The number of ether oxygens (including phenoxy) is 1. The van der Waals surface area contributed by atoms with Gasteiger partial charge in [0.15, 0.2) is 0 Å². The number of aromatic nitrogens is 1. The van der Waals surface area contributed by atoms with E-state index in [-0.39, 0.29) is 18.1 Å². The first-order valence-corrected chi connectivity index (χ1v) is 10.4. The van der Waals surface area contributed by atoms with Crippen LogP contribution in [0.15, 0.2) is 16.7 Å². The Hall–Kier alpha value is -1.18. The summed E-state index contributed by atoms with van der Waals surface area (Å²) >= 11 is 3.39. The topological polar surface area (TPSA) is 74.7 Å². The van der Waals surface area contributed by atoms with Gasteiger partial charge in [0.1, 0.15) is 11.4 Å². The number of rotatable bonds is 5. The van der Waals surface area contributed by atoms with Crippen LogP contribution in [-0.2, 0) is 4.74 Å². The van der Waals surface area contributed by atoms with Crippen LogP contribution >= 0.6 is 15.9 Å². The van der Waals surface area contributed by atoms with E-state index in [1.165, 1.54) is 6.42 Å². The van der Waals surface area contributed by atoms with Gasteiger partial charge >= 0.3 is 5.97 Å². The minimum absolute atomic E-state index is 0.217. The van der Waals surface area contributed by atoms with Gasteiger partial charge in [-0.1, -0.05) is 12.8 Å². The number of nitrogens with zero attached hydrogens (tertiary/aromatic N) is 2. The summed E-state index contributed by atoms with van der Waals surface area (Å²) in [7, 11) is 0. The van der Waals surface area contributed by atoms with Gasteiger partial charge in [-0.3, -0.25) is 0 Å². The summed E-state index contributed by atoms with van der Waals surface area (Å²) in [5, 5.41) is 13.8. The smallest absolute Gasteiger partial charge is 0.341 e. The van der Waals surface area contributed by atoms with Crippen molar-refractivity contribution in [2.75, 3.05) is 24.6 Å². The van der Waals surface area contributed by atoms with Crippen molar-refractivity contribution in [3.8, 4) is 0 Å². The highest BCUT2D eigenvalue weighted by molar-refractivity contribution is 9.10. The Morgan fingerprint density at radius 2 is 2.08 bits per heavy atom. The maximum absolute atomic E-state index is 12.3. The van der Waals surface area contributed by atoms with E-state index in [4.69, 9.17) is 4.74 Å². The van der Waals surface area contributed by atoms with Crippen molar-refractivity contribution in [3.63, 3.8) is 0 Å². The maximum atomic E-state index is 12.3. The molecular formula is C19H28BrN3O3. The summed E-state index contributed by atoms with van der Waals surface area (Å²) in [6.45, 7) is 3.82. The summed E-state index contributed by atoms with van der Waals surface area (Å²) in [6, 6.07) is 2.41. The van der Waals surface area contributed by atoms with Gasteiger partial charge in [0.05, 0.1) is 12.7 Å². The fourth-order valence-corrected chi connectivity index (χ4v) is 4.24. The van der Waals surface area contributed by atoms with Crippen LogP contribution in [0, 0.1) is 0 Å². The molecule has 0 radical (unpaired) electrons. The number of pyridine rings is 1. The number of carbonyl (C=O) groups excluding carboxylic acids is 1. The SMILES string of the molecule is CCOC(=O)c1cc(Br)cnc1N1CCC(NC2CCCC[C@@H]2O)CC1. The fourth-order valence-electron chi connectivity index (χ4n) is 3.91. The standard InChI is InChI=1S/C19H28BrN3O3/c1-2-26-19(25)15-11-13(20)12-21-18(15)23-9-7-14(8-10-23)22-16-5-3-4-6-17(16)24/h11-12,14,16-17,22,24H,2-10H2,1H3/t16?,17-/m0/s1. The van der Waals surface area contributed by atoms with Crippen LogP contribution in [0.25, 0.3) is 0 Å². The number of anilines is 1. The first-order valence-electron chi connectivity index (χ1n) is 9.60. The summed E-state index contributed by atoms with van der Waals surface area (Å²) in [6.07, 6.45) is 7.74. The first kappa shape index (κ1) is 19.6. The Labute approximate surface area is 163 Å². The van der Waals surface area contributed by atoms with E-state index in [9.17, 15) is 9.90 Å². The van der Waals surface area contributed by atoms with Crippen molar-refractivity contribution in [2.24, 2.45) is 0 Å². The number of hydrogen-bond donors (Lipinski definition) is 2. The second-order valence-electron chi connectivity index (χ2n) is 7.13. The van der Waals surface area contributed by atoms with E-state index in [0.717, 1.165) is 49.7 Å². The molecule has 144 valence electrons. The molecule has 1 aromatic heterocycles. The number of aliphatic hydroxyl groups is 1. The fraction of sp³-hybridized carbons (Fsp3) is 0.684. The first-order chi connectivity index (χ1) is 12.6. The highest BCUT2D eigenvalue weighted by atomic mass is 79.9. The highest BCUT2D eigenvalue weighted by Crippen LogP contribution is 2.26. The highest BCUT2D eigenvalue weighted by Gasteiger charge is 2.29. The average Bonchev–Trinajstić information content (AvgIpc) is 2.64. The third-order valence-corrected chi connectivity index (χ3v) is 5.74. The molecule has 1 unspecified atom stereocenters. The summed E-state index contributed by atoms with van der Waals surface area (Å²) < 4.78 is 5.95. The normalized spacial score (nSPS) is 24.5. The molecule has 3 rings (SSSR count). The number of halogens is 1. The molecule has 2 atom stereocenters. The monoisotopic (exact) mass is 425 g/mol. The van der Waals surface area contributed by atoms with Gasteiger partial charge in [0.2, 0.25) is 0 Å². The molecule has 1 aromatic rings. The molecule has 0 bridgehead atoms. The zero-order chi connectivity index (χ0) is 18.5. The van der Waals surface area contributed by atoms with Crippen LogP contribution in [0.4, 0.5) is 5.82 Å². The molecule has 1 aliphatic heterocycles. The minimum atomic E-state index is -0.332. The van der Waals surface area contributed by atoms with E-state index < -0.39 is 0 Å². The van der Waals surface area contributed by atoms with E-state index in [2.05, 4.69) is 31.1 Å². The van der Waals surface area contributed by atoms with Gasteiger partial charge in [-0.05, 0) is 54.6 Å². The van der Waals surface area contributed by atoms with Crippen molar-refractivity contribution >= 4 is 27.7 Å². The Morgan fingerprint density at radius 1 is 1.35 bits per heavy atom. The van der Waals surface area contributed by atoms with Crippen molar-refractivity contribution in [1.29, 1.82) is 0 Å². The number of piperidine rings is 1. The summed E-state index contributed by atoms with van der Waals surface area (Å²) in [4.78, 5) is 18.9. The van der Waals surface area contributed by atoms with Crippen LogP contribution < -0.4 is 10.2 Å². The molecule has 0 aromatic carbocycles. The molecule has 1 aliphatic carbocycles. The second kappa shape index (κ2) is 9.15. The Morgan fingerprint density at radius 3 is 2.77 bits per heavy atom. The summed E-state index contributed by atoms with van der Waals surface area (Å²) in [5.74, 6) is 0.365. The van der Waals surface area contributed by atoms with E-state index in [1.807, 2.05) is 0 Å². The van der Waals surface area contributed by atoms with Crippen molar-refractivity contribution in [3.05, 3.63) is 22.3 Å². The van der Waals surface area contributed by atoms with Crippen LogP contribution in [0.2, 0.25) is 0 Å². The zero-order valence-electron chi connectivity index (χ0n) is 15.3. The molecule has 26 heavy (non-hydrogen) atoms. The molecule has 2 N–H and O–H groups in total. The van der Waals surface area contributed by atoms with Crippen LogP contribution in [0.5, 0.6) is 0 Å². The second-order valence-corrected chi connectivity index (χ2v) is 8.05. The van der Waals surface area contributed by atoms with Crippen LogP contribution in [0.1, 0.15) is 55.8 Å². The van der Waals surface area contributed by atoms with E-state index >= 15 is 0 Å². The molecule has 0 amide bonds. The number of nitrogens with one attached hydrogen (secondary N) is 1. The van der Waals surface area contributed by atoms with Crippen molar-refractivity contribution in [2.45, 2.75) is 63.6 Å². The molecule has 2 fully saturated rings. The molecule has 2 heterocycles. The number of esters is 1. The van der Waals surface area contributed by atoms with Gasteiger partial charge in [0, 0.05) is 35.8 Å². The Bertz CT molecular complexity index is 620. The number of aliphatic hydroxyl groups excluding tert-OH is 1. The van der Waals surface area contributed by atoms with Gasteiger partial charge < -0.3 is 20.1 Å². The Kier molecular flexibility index (Phi) is 6.89. The molecule has 2 aliphatic rings. The lowest BCUT2D eigenvalue weighted by Gasteiger charge is -2.38. The zero-order valence-corrected chi connectivity index (χ0v) is 16.9. The minimum Gasteiger partial charge on any atom is -0.462 e. The van der Waals surface area contributed by atoms with E-state index in [1.54, 1.807) is 19.2 Å². The lowest BCUT2D eigenvalue weighted by atomic mass is 9.91. The van der Waals surface area contributed by atoms with Crippen LogP contribution in [0.3, 0.4) is 0 Å². The van der Waals surface area contributed by atoms with Crippen molar-refractivity contribution < 1.29 is 14.6 Å². The van der Waals surface area contributed by atoms with Crippen molar-refractivity contribution in [1.82, 2.24) is 10.3 Å². The number of carbonyl (C=O) groups is 1. The van der Waals surface area contributed by atoms with Gasteiger partial charge in [-0.2, -0.15) is 0 Å². The molecule has 1 saturated heterocycles. The van der Waals surface area contributed by atoms with Gasteiger partial charge in [0.25, 0.3) is 0 Å². The third kappa shape index (κ3) is 4.75. The average molecular weight is 426 g/mol. The third-order valence-electron chi connectivity index (χ3n) is 5.30. The predicted octanol–water partition coefficient (Wildman–Crippen LogP) is 2.88. The Balaban J connectivity index is 1.62. The number of hydrogen-bond acceptors (Lipinski definition) is 6. The lowest BCUT2D eigenvalue weighted by Crippen LogP contribution is -2.51.